The molecule has 41 heteroatoms. The van der Waals surface area contributed by atoms with Gasteiger partial charge in [-0.2, -0.15) is 0 Å². The van der Waals surface area contributed by atoms with Crippen LogP contribution >= 0.6 is 23.2 Å². The van der Waals surface area contributed by atoms with Crippen LogP contribution in [0.4, 0.5) is 29.2 Å². The lowest BCUT2D eigenvalue weighted by atomic mass is 10.1. The average molecular weight is 1830 g/mol. The number of alkyl halides is 4. The Kier molecular flexibility index (Phi) is 26.8. The summed E-state index contributed by atoms with van der Waals surface area (Å²) in [6.45, 7) is 4.63. The molecule has 0 radical (unpaired) electrons. The zero-order chi connectivity index (χ0) is 89.1. The molecule has 5 aliphatic rings. The molecule has 0 aliphatic heterocycles. The molecule has 3 aromatic carbocycles. The van der Waals surface area contributed by atoms with Gasteiger partial charge < -0.3 is 70.3 Å². The van der Waals surface area contributed by atoms with Gasteiger partial charge in [0.15, 0.2) is 0 Å². The number of hydrogen-bond donors (Lipinski definition) is 11. The van der Waals surface area contributed by atoms with Gasteiger partial charge in [-0.25, -0.2) is 101 Å². The van der Waals surface area contributed by atoms with Gasteiger partial charge in [0.1, 0.15) is 83.3 Å². The number of imidazole rings is 3. The number of aliphatic hydroxyl groups excluding tert-OH is 6. The summed E-state index contributed by atoms with van der Waals surface area (Å²) in [5, 5.41) is 72.1. The van der Waals surface area contributed by atoms with Crippen LogP contribution in [-0.2, 0) is 67.6 Å². The van der Waals surface area contributed by atoms with Crippen LogP contribution in [0.1, 0.15) is 155 Å². The summed E-state index contributed by atoms with van der Waals surface area (Å²) in [6, 6.07) is 15.5. The lowest BCUT2D eigenvalue weighted by Crippen LogP contribution is -2.39. The minimum absolute atomic E-state index is 0.0427. The number of rotatable bonds is 33. The number of nitrogens with two attached hydrogens (primary N) is 1. The van der Waals surface area contributed by atoms with Gasteiger partial charge in [0.2, 0.25) is 30.1 Å². The maximum Gasteiger partial charge on any atom is 0.272 e. The Morgan fingerprint density at radius 3 is 1.37 bits per heavy atom. The molecule has 9 aromatic heterocycles. The number of aromatic amines is 3. The summed E-state index contributed by atoms with van der Waals surface area (Å²) in [4.78, 5) is 49.0. The highest BCUT2D eigenvalue weighted by molar-refractivity contribution is 7.88. The number of aryl methyl sites for hydroxylation is 4. The predicted molar refractivity (Wildman–Crippen MR) is 468 cm³/mol. The van der Waals surface area contributed by atoms with Crippen molar-refractivity contribution < 1.29 is 73.5 Å². The fourth-order valence-corrected chi connectivity index (χ4v) is 21.0. The third-order valence-electron chi connectivity index (χ3n) is 25.0. The van der Waals surface area contributed by atoms with Crippen molar-refractivity contribution >= 4 is 131 Å². The molecular formula is C84H106Cl2F4N20O12S3. The van der Waals surface area contributed by atoms with Gasteiger partial charge in [-0.05, 0) is 163 Å². The number of fused-ring (bicyclic) bond motifs is 6. The summed E-state index contributed by atoms with van der Waals surface area (Å²) >= 11 is 12.2. The molecule has 5 saturated carbocycles. The minimum atomic E-state index is -3.61. The summed E-state index contributed by atoms with van der Waals surface area (Å²) in [6.07, 6.45) is 18.8. The Morgan fingerprint density at radius 1 is 0.496 bits per heavy atom. The van der Waals surface area contributed by atoms with E-state index in [-0.39, 0.29) is 48.9 Å². The zero-order valence-corrected chi connectivity index (χ0v) is 74.0. The molecule has 0 saturated heterocycles. The quantitative estimate of drug-likeness (QED) is 0.0134. The highest BCUT2D eigenvalue weighted by Gasteiger charge is 2.48. The van der Waals surface area contributed by atoms with E-state index < -0.39 is 114 Å². The largest absolute Gasteiger partial charge is 0.390 e. The third-order valence-corrected chi connectivity index (χ3v) is 29.5. The first-order valence-corrected chi connectivity index (χ1v) is 48.5. The molecule has 32 nitrogen and oxygen atoms in total. The standard InChI is InChI=1S/C29H37ClN6O4S.C29H37F2N7O4S.C26H32ClF2N7O4S/c1-17-11-23-24(14-21(17)30)34-26(33-23)5-3-4-9-35(41(2,39)40)15-19-13-25(28(38)27(19)37)36-10-8-20-22(12-18-6-7-18)31-16-32-29(20)36;1-29(30,31)18-6-9-21-22(14-18)36-24(35-21)5-3-4-11-37(43(2,41)42)15-17-13-23(26(40)25(17)39)38-12-10-20-27(34-19-7-8-19)32-16-33-28(20)38;1-26(28,29)16-10-18-19(11-17(16)27)34-21(33-18)5-3-4-7-35(41(2,39)40)12-14-9-20(23(38)22(14)37)36-8-6-15-24(30)31-13-32-25(15)36/h8,10-11,14,16,18-19,25,27-28,37-38H,3-7,9,12-13,15H2,1-2H3,(H,33,34);6,9-10,12,14,16-17,19,23,25-26,39-40H,3-5,7-8,11,13,15H2,1-2H3,(H,35,36)(H,32,33,34);6,8,10-11,13-14,20,22-23,37-38H,3-5,7,9,12H2,1-2H3,(H,33,34)(H2,30,31,32)/t19-,25-,27-,28+;17-,23-,25-,26+;14-,20-,22-,23+/m111/s1. The molecule has 125 heavy (non-hydrogen) atoms. The highest BCUT2D eigenvalue weighted by atomic mass is 35.5. The first-order chi connectivity index (χ1) is 59.2. The molecule has 674 valence electrons. The van der Waals surface area contributed by atoms with Gasteiger partial charge in [0, 0.05) is 136 Å². The van der Waals surface area contributed by atoms with Crippen LogP contribution < -0.4 is 11.1 Å². The van der Waals surface area contributed by atoms with Crippen LogP contribution in [0, 0.1) is 30.6 Å². The zero-order valence-electron chi connectivity index (χ0n) is 70.0. The summed E-state index contributed by atoms with van der Waals surface area (Å²) < 4.78 is 141. The van der Waals surface area contributed by atoms with E-state index in [2.05, 4.69) is 65.1 Å². The van der Waals surface area contributed by atoms with Crippen molar-refractivity contribution in [1.29, 1.82) is 0 Å². The third kappa shape index (κ3) is 20.9. The van der Waals surface area contributed by atoms with Gasteiger partial charge in [0.05, 0.1) is 110 Å². The number of hydrogen-bond acceptors (Lipinski definition) is 23. The topological polar surface area (TPSA) is 450 Å². The van der Waals surface area contributed by atoms with Crippen molar-refractivity contribution in [3.8, 4) is 0 Å². The lowest BCUT2D eigenvalue weighted by molar-refractivity contribution is 0.00403. The van der Waals surface area contributed by atoms with Crippen molar-refractivity contribution in [3.63, 3.8) is 0 Å². The van der Waals surface area contributed by atoms with E-state index >= 15 is 0 Å². The van der Waals surface area contributed by atoms with E-state index in [0.717, 1.165) is 102 Å². The van der Waals surface area contributed by atoms with Crippen LogP contribution in [-0.4, -0.2) is 243 Å². The number of unbranched alkanes of at least 4 members (excludes halogenated alkanes) is 3. The van der Waals surface area contributed by atoms with Crippen molar-refractivity contribution in [2.45, 2.75) is 203 Å². The number of nitrogen functional groups attached to an aromatic ring is 1. The van der Waals surface area contributed by atoms with Crippen LogP contribution in [0.3, 0.4) is 0 Å². The van der Waals surface area contributed by atoms with E-state index in [1.165, 1.54) is 68.9 Å². The molecule has 12 aromatic rings. The second-order valence-electron chi connectivity index (χ2n) is 34.6. The number of sulfonamides is 3. The van der Waals surface area contributed by atoms with Crippen LogP contribution in [0.5, 0.6) is 0 Å². The molecule has 0 spiro atoms. The molecule has 17 rings (SSSR count). The molecule has 12 atom stereocenters. The molecule has 0 amide bonds. The smallest absolute Gasteiger partial charge is 0.272 e. The fraction of sp³-hybridized carbons (Fsp3) is 0.536. The number of anilines is 2. The summed E-state index contributed by atoms with van der Waals surface area (Å²) in [5.41, 5.74) is 13.3. The maximum absolute atomic E-state index is 13.8. The van der Waals surface area contributed by atoms with Crippen molar-refractivity contribution in [2.75, 3.05) is 69.1 Å². The fourth-order valence-electron chi connectivity index (χ4n) is 17.8. The molecule has 0 bridgehead atoms. The van der Waals surface area contributed by atoms with Gasteiger partial charge in [0.25, 0.3) is 11.8 Å². The minimum Gasteiger partial charge on any atom is -0.390 e. The molecule has 5 fully saturated rings. The molecule has 0 unspecified atom stereocenters. The number of aliphatic hydroxyl groups is 6. The monoisotopic (exact) mass is 1830 g/mol. The lowest BCUT2D eigenvalue weighted by Gasteiger charge is -2.25. The first-order valence-electron chi connectivity index (χ1n) is 42.2. The summed E-state index contributed by atoms with van der Waals surface area (Å²) in [5.74, 6) is -3.62. The number of nitrogens with one attached hydrogen (secondary N) is 4. The average Bonchev–Trinajstić information content (AvgIpc) is 1.62. The van der Waals surface area contributed by atoms with Gasteiger partial charge in [-0.3, -0.25) is 0 Å². The van der Waals surface area contributed by atoms with E-state index in [0.29, 0.717) is 150 Å². The number of H-pyrrole nitrogens is 3. The highest BCUT2D eigenvalue weighted by Crippen LogP contribution is 2.44. The Balaban J connectivity index is 0.000000145. The molecular weight excluding hydrogens is 1720 g/mol. The predicted octanol–water partition coefficient (Wildman–Crippen LogP) is 10.6. The first kappa shape index (κ1) is 91.1. The molecule has 5 aliphatic carbocycles. The Labute approximate surface area is 730 Å². The van der Waals surface area contributed by atoms with E-state index in [4.69, 9.17) is 28.9 Å². The number of aromatic nitrogens is 15. The van der Waals surface area contributed by atoms with Gasteiger partial charge in [-0.15, -0.1) is 0 Å². The maximum atomic E-state index is 13.8. The van der Waals surface area contributed by atoms with Crippen LogP contribution in [0.25, 0.3) is 66.2 Å². The number of benzene rings is 3. The van der Waals surface area contributed by atoms with Crippen molar-refractivity contribution in [2.24, 2.45) is 23.7 Å². The second kappa shape index (κ2) is 36.8. The van der Waals surface area contributed by atoms with Crippen molar-refractivity contribution in [1.82, 2.24) is 86.4 Å². The van der Waals surface area contributed by atoms with Crippen LogP contribution in [0.15, 0.2) is 98.2 Å². The second-order valence-corrected chi connectivity index (χ2v) is 41.4. The van der Waals surface area contributed by atoms with Gasteiger partial charge in [-0.1, -0.05) is 29.3 Å². The SMILES string of the molecule is CC(F)(F)c1cc2[nH]c(CCCCN(C[C@H]3C[C@@H](n4ccc5c(N)ncnc54)[C@H](O)[C@@H]3O)S(C)(=O)=O)nc2cc1Cl.CC(F)(F)c1ccc2nc(CCCCN(C[C@H]3C[C@@H](n4ccc5c(NC6CC6)ncnc54)[C@H](O)[C@@H]3O)S(C)(=O)=O)[nH]c2c1.Cc1cc2[nH]c(CCCCN(C[C@H]3C[C@@H](n4ccc5c(CC6CC6)ncnc54)[C@H](O)[C@@H]3O)S(C)(=O)=O)nc2cc1Cl. The molecule has 9 heterocycles. The van der Waals surface area contributed by atoms with Crippen LogP contribution in [0.2, 0.25) is 10.0 Å². The van der Waals surface area contributed by atoms with Crippen molar-refractivity contribution in [3.05, 3.63) is 148 Å². The van der Waals surface area contributed by atoms with E-state index in [1.54, 1.807) is 29.2 Å². The van der Waals surface area contributed by atoms with E-state index in [1.807, 2.05) is 52.7 Å². The van der Waals surface area contributed by atoms with Gasteiger partial charge >= 0.3 is 0 Å². The Morgan fingerprint density at radius 2 is 0.912 bits per heavy atom. The normalized spacial score (nSPS) is 22.8. The number of halogens is 6. The van der Waals surface area contributed by atoms with E-state index in [9.17, 15) is 73.5 Å². The summed E-state index contributed by atoms with van der Waals surface area (Å²) in [7, 11) is -10.7. The number of nitrogens with zero attached hydrogens (tertiary/aromatic N) is 15. The molecule has 12 N–H and O–H groups in total. The Bertz CT molecular complexity index is 6200. The Hall–Kier alpha value is -8.68.